The molecule has 0 aliphatic heterocycles. The van der Waals surface area contributed by atoms with E-state index in [-0.39, 0.29) is 5.91 Å². The largest absolute Gasteiger partial charge is 0.361 e. The lowest BCUT2D eigenvalue weighted by atomic mass is 10.2. The Kier molecular flexibility index (Phi) is 5.66. The van der Waals surface area contributed by atoms with Gasteiger partial charge in [-0.15, -0.1) is 0 Å². The molecule has 146 valence electrons. The summed E-state index contributed by atoms with van der Waals surface area (Å²) >= 11 is 1.45. The quantitative estimate of drug-likeness (QED) is 0.469. The zero-order valence-electron chi connectivity index (χ0n) is 15.6. The van der Waals surface area contributed by atoms with E-state index in [2.05, 4.69) is 25.5 Å². The number of amides is 1. The fourth-order valence-electron chi connectivity index (χ4n) is 2.75. The highest BCUT2D eigenvalue weighted by molar-refractivity contribution is 7.98. The highest BCUT2D eigenvalue weighted by Gasteiger charge is 2.14. The summed E-state index contributed by atoms with van der Waals surface area (Å²) in [5.74, 6) is 1.11. The van der Waals surface area contributed by atoms with Gasteiger partial charge in [0.25, 0.3) is 5.91 Å². The Bertz CT molecular complexity index is 1110. The van der Waals surface area contributed by atoms with E-state index in [1.54, 1.807) is 29.3 Å². The molecular weight excluding hydrogens is 388 g/mol. The summed E-state index contributed by atoms with van der Waals surface area (Å²) in [4.78, 5) is 21.2. The molecule has 1 N–H and O–H groups in total. The van der Waals surface area contributed by atoms with Gasteiger partial charge in [0.15, 0.2) is 0 Å². The van der Waals surface area contributed by atoms with E-state index in [9.17, 15) is 4.79 Å². The third-order valence-electron chi connectivity index (χ3n) is 4.05. The standard InChI is InChI=1S/C20H18N6O2S/c1-14-8-17(25-28-14)11-29-20-18(6-3-7-22-20)19(27)24-16-5-2-4-15(9-16)10-26-13-21-12-23-26/h2-9,12-13H,10-11H2,1H3,(H,24,27). The van der Waals surface area contributed by atoms with Gasteiger partial charge in [-0.25, -0.2) is 14.6 Å². The van der Waals surface area contributed by atoms with Crippen LogP contribution in [0.4, 0.5) is 5.69 Å². The Balaban J connectivity index is 1.46. The second-order valence-corrected chi connectivity index (χ2v) is 7.29. The summed E-state index contributed by atoms with van der Waals surface area (Å²) in [6.45, 7) is 2.42. The number of thioether (sulfide) groups is 1. The molecule has 0 saturated heterocycles. The maximum Gasteiger partial charge on any atom is 0.258 e. The molecule has 0 spiro atoms. The third-order valence-corrected chi connectivity index (χ3v) is 5.08. The molecule has 0 aliphatic rings. The molecule has 8 nitrogen and oxygen atoms in total. The summed E-state index contributed by atoms with van der Waals surface area (Å²) < 4.78 is 6.81. The fraction of sp³-hybridized carbons (Fsp3) is 0.150. The molecule has 0 unspecified atom stereocenters. The van der Waals surface area contributed by atoms with Gasteiger partial charge >= 0.3 is 0 Å². The Morgan fingerprint density at radius 1 is 1.24 bits per heavy atom. The maximum atomic E-state index is 12.9. The minimum atomic E-state index is -0.213. The molecule has 0 aliphatic carbocycles. The molecule has 3 aromatic heterocycles. The average molecular weight is 406 g/mol. The van der Waals surface area contributed by atoms with Gasteiger partial charge in [0.2, 0.25) is 0 Å². The summed E-state index contributed by atoms with van der Waals surface area (Å²) in [6.07, 6.45) is 4.82. The highest BCUT2D eigenvalue weighted by atomic mass is 32.2. The summed E-state index contributed by atoms with van der Waals surface area (Å²) in [5.41, 5.74) is 3.04. The van der Waals surface area contributed by atoms with E-state index >= 15 is 0 Å². The number of carbonyl (C=O) groups excluding carboxylic acids is 1. The number of aromatic nitrogens is 5. The molecule has 1 amide bonds. The van der Waals surface area contributed by atoms with E-state index in [1.807, 2.05) is 37.3 Å². The van der Waals surface area contributed by atoms with Crippen LogP contribution in [0.25, 0.3) is 0 Å². The van der Waals surface area contributed by atoms with Gasteiger partial charge in [0.1, 0.15) is 23.4 Å². The van der Waals surface area contributed by atoms with Crippen molar-refractivity contribution < 1.29 is 9.32 Å². The van der Waals surface area contributed by atoms with E-state index in [1.165, 1.54) is 18.1 Å². The van der Waals surface area contributed by atoms with Crippen molar-refractivity contribution in [2.45, 2.75) is 24.2 Å². The summed E-state index contributed by atoms with van der Waals surface area (Å²) in [7, 11) is 0. The molecule has 0 saturated carbocycles. The molecule has 29 heavy (non-hydrogen) atoms. The van der Waals surface area contributed by atoms with E-state index < -0.39 is 0 Å². The van der Waals surface area contributed by atoms with Gasteiger partial charge in [-0.1, -0.05) is 29.1 Å². The minimum Gasteiger partial charge on any atom is -0.361 e. The number of pyridine rings is 1. The van der Waals surface area contributed by atoms with Crippen molar-refractivity contribution >= 4 is 23.4 Å². The number of carbonyl (C=O) groups is 1. The Hall–Kier alpha value is -3.46. The first-order chi connectivity index (χ1) is 14.2. The van der Waals surface area contributed by atoms with Gasteiger partial charge in [-0.05, 0) is 36.8 Å². The van der Waals surface area contributed by atoms with Crippen LogP contribution in [0.1, 0.15) is 27.4 Å². The predicted molar refractivity (Wildman–Crippen MR) is 109 cm³/mol. The van der Waals surface area contributed by atoms with Crippen LogP contribution in [0.15, 0.2) is 70.9 Å². The van der Waals surface area contributed by atoms with Crippen molar-refractivity contribution in [2.24, 2.45) is 0 Å². The Labute approximate surface area is 171 Å². The van der Waals surface area contributed by atoms with E-state index in [0.717, 1.165) is 17.0 Å². The van der Waals surface area contributed by atoms with Crippen LogP contribution in [-0.4, -0.2) is 30.8 Å². The number of hydrogen-bond donors (Lipinski definition) is 1. The van der Waals surface area contributed by atoms with E-state index in [0.29, 0.717) is 28.6 Å². The van der Waals surface area contributed by atoms with Crippen LogP contribution in [-0.2, 0) is 12.3 Å². The van der Waals surface area contributed by atoms with Crippen LogP contribution in [0.5, 0.6) is 0 Å². The average Bonchev–Trinajstić information content (AvgIpc) is 3.38. The van der Waals surface area contributed by atoms with Crippen molar-refractivity contribution in [3.63, 3.8) is 0 Å². The van der Waals surface area contributed by atoms with Crippen molar-refractivity contribution in [1.29, 1.82) is 0 Å². The molecule has 0 fully saturated rings. The van der Waals surface area contributed by atoms with Gasteiger partial charge in [0, 0.05) is 23.7 Å². The second kappa shape index (κ2) is 8.70. The monoisotopic (exact) mass is 406 g/mol. The first kappa shape index (κ1) is 18.9. The Morgan fingerprint density at radius 3 is 2.97 bits per heavy atom. The molecule has 0 atom stereocenters. The highest BCUT2D eigenvalue weighted by Crippen LogP contribution is 2.25. The number of benzene rings is 1. The number of hydrogen-bond acceptors (Lipinski definition) is 7. The predicted octanol–water partition coefficient (Wildman–Crippen LogP) is 3.56. The summed E-state index contributed by atoms with van der Waals surface area (Å²) in [6, 6.07) is 13.0. The Morgan fingerprint density at radius 2 is 2.17 bits per heavy atom. The van der Waals surface area contributed by atoms with Crippen molar-refractivity contribution in [1.82, 2.24) is 24.9 Å². The normalized spacial score (nSPS) is 10.8. The van der Waals surface area contributed by atoms with Crippen molar-refractivity contribution in [3.8, 4) is 0 Å². The van der Waals surface area contributed by atoms with Crippen LogP contribution in [0.2, 0.25) is 0 Å². The number of anilines is 1. The SMILES string of the molecule is Cc1cc(CSc2ncccc2C(=O)Nc2cccc(Cn3cncn3)c2)no1. The minimum absolute atomic E-state index is 0.213. The van der Waals surface area contributed by atoms with Gasteiger partial charge in [-0.2, -0.15) is 5.10 Å². The first-order valence-electron chi connectivity index (χ1n) is 8.90. The lowest BCUT2D eigenvalue weighted by Gasteiger charge is -2.10. The molecule has 4 rings (SSSR count). The van der Waals surface area contributed by atoms with Gasteiger partial charge in [-0.3, -0.25) is 4.79 Å². The lowest BCUT2D eigenvalue weighted by Crippen LogP contribution is -2.14. The van der Waals surface area contributed by atoms with Crippen LogP contribution in [0, 0.1) is 6.92 Å². The smallest absolute Gasteiger partial charge is 0.258 e. The van der Waals surface area contributed by atoms with E-state index in [4.69, 9.17) is 4.52 Å². The number of nitrogens with zero attached hydrogens (tertiary/aromatic N) is 5. The molecule has 3 heterocycles. The van der Waals surface area contributed by atoms with Crippen LogP contribution in [0.3, 0.4) is 0 Å². The molecule has 0 bridgehead atoms. The molecule has 1 aromatic carbocycles. The number of aryl methyl sites for hydroxylation is 1. The summed E-state index contributed by atoms with van der Waals surface area (Å²) in [5, 5.41) is 11.7. The topological polar surface area (TPSA) is 98.7 Å². The molecule has 9 heteroatoms. The number of nitrogens with one attached hydrogen (secondary N) is 1. The van der Waals surface area contributed by atoms with Crippen LogP contribution < -0.4 is 5.32 Å². The molecule has 0 radical (unpaired) electrons. The fourth-order valence-corrected chi connectivity index (χ4v) is 3.63. The van der Waals surface area contributed by atoms with Crippen molar-refractivity contribution in [3.05, 3.63) is 83.9 Å². The zero-order valence-corrected chi connectivity index (χ0v) is 16.5. The first-order valence-corrected chi connectivity index (χ1v) is 9.88. The van der Waals surface area contributed by atoms with Crippen LogP contribution >= 0.6 is 11.8 Å². The zero-order chi connectivity index (χ0) is 20.1. The molecule has 4 aromatic rings. The van der Waals surface area contributed by atoms with Crippen molar-refractivity contribution in [2.75, 3.05) is 5.32 Å². The third kappa shape index (κ3) is 4.88. The maximum absolute atomic E-state index is 12.9. The number of rotatable bonds is 7. The second-order valence-electron chi connectivity index (χ2n) is 6.32. The molecular formula is C20H18N6O2S. The lowest BCUT2D eigenvalue weighted by molar-refractivity contribution is 0.102. The van der Waals surface area contributed by atoms with Gasteiger partial charge in [0.05, 0.1) is 17.8 Å². The van der Waals surface area contributed by atoms with Gasteiger partial charge < -0.3 is 9.84 Å².